The Morgan fingerprint density at radius 2 is 1.68 bits per heavy atom. The minimum Gasteiger partial charge on any atom is -0.393 e. The molecule has 0 aromatic heterocycles. The zero-order valence-corrected chi connectivity index (χ0v) is 12.6. The van der Waals surface area contributed by atoms with Crippen LogP contribution in [0.25, 0.3) is 0 Å². The molecule has 0 radical (unpaired) electrons. The molecule has 0 spiro atoms. The fraction of sp³-hybridized carbons (Fsp3) is 1.00. The van der Waals surface area contributed by atoms with Crippen LogP contribution in [0.3, 0.4) is 0 Å². The number of rotatable bonds is 0. The van der Waals surface area contributed by atoms with Crippen molar-refractivity contribution in [1.29, 1.82) is 0 Å². The third-order valence-electron chi connectivity index (χ3n) is 6.65. The summed E-state index contributed by atoms with van der Waals surface area (Å²) in [7, 11) is 0. The molecule has 3 saturated carbocycles. The molecular weight excluding hydrogens is 240 g/mol. The van der Waals surface area contributed by atoms with Gasteiger partial charge in [-0.1, -0.05) is 27.7 Å². The molecule has 3 fully saturated rings. The summed E-state index contributed by atoms with van der Waals surface area (Å²) in [5.41, 5.74) is -1.14. The van der Waals surface area contributed by atoms with Gasteiger partial charge in [0.1, 0.15) is 0 Å². The summed E-state index contributed by atoms with van der Waals surface area (Å²) in [6, 6.07) is 0. The molecule has 0 heterocycles. The Kier molecular flexibility index (Phi) is 2.73. The molecular formula is C16H28O3. The molecule has 3 rings (SSSR count). The molecule has 0 unspecified atom stereocenters. The molecule has 3 aliphatic rings. The quantitative estimate of drug-likeness (QED) is 0.629. The van der Waals surface area contributed by atoms with Crippen molar-refractivity contribution in [2.75, 3.05) is 0 Å². The van der Waals surface area contributed by atoms with Gasteiger partial charge in [0.2, 0.25) is 0 Å². The van der Waals surface area contributed by atoms with Gasteiger partial charge in [-0.2, -0.15) is 0 Å². The number of hydrogen-bond acceptors (Lipinski definition) is 3. The molecule has 7 atom stereocenters. The van der Waals surface area contributed by atoms with Crippen LogP contribution in [0.2, 0.25) is 0 Å². The van der Waals surface area contributed by atoms with E-state index >= 15 is 0 Å². The van der Waals surface area contributed by atoms with E-state index in [-0.39, 0.29) is 28.6 Å². The van der Waals surface area contributed by atoms with Crippen molar-refractivity contribution in [3.05, 3.63) is 0 Å². The van der Waals surface area contributed by atoms with Crippen LogP contribution >= 0.6 is 0 Å². The molecule has 0 aromatic carbocycles. The Hall–Kier alpha value is -0.120. The average Bonchev–Trinajstić information content (AvgIpc) is 2.38. The van der Waals surface area contributed by atoms with Crippen LogP contribution in [0.15, 0.2) is 0 Å². The van der Waals surface area contributed by atoms with Gasteiger partial charge in [0.15, 0.2) is 0 Å². The minimum atomic E-state index is -0.911. The number of aliphatic hydroxyl groups excluding tert-OH is 2. The third kappa shape index (κ3) is 1.50. The van der Waals surface area contributed by atoms with Crippen molar-refractivity contribution in [2.45, 2.75) is 71.2 Å². The lowest BCUT2D eigenvalue weighted by atomic mass is 9.50. The van der Waals surface area contributed by atoms with Crippen molar-refractivity contribution in [2.24, 2.45) is 28.6 Å². The lowest BCUT2D eigenvalue weighted by molar-refractivity contribution is -0.244. The molecule has 3 N–H and O–H groups in total. The van der Waals surface area contributed by atoms with Crippen molar-refractivity contribution >= 4 is 0 Å². The Labute approximate surface area is 116 Å². The van der Waals surface area contributed by atoms with Gasteiger partial charge in [0.25, 0.3) is 0 Å². The van der Waals surface area contributed by atoms with E-state index in [0.717, 1.165) is 19.3 Å². The van der Waals surface area contributed by atoms with Gasteiger partial charge in [0, 0.05) is 11.8 Å². The topological polar surface area (TPSA) is 60.7 Å². The lowest BCUT2D eigenvalue weighted by Gasteiger charge is -2.59. The molecule has 0 bridgehead atoms. The summed E-state index contributed by atoms with van der Waals surface area (Å²) in [5.74, 6) is -0.0117. The Balaban J connectivity index is 2.16. The zero-order valence-electron chi connectivity index (χ0n) is 12.6. The minimum absolute atomic E-state index is 0.0641. The third-order valence-corrected chi connectivity index (χ3v) is 6.65. The normalized spacial score (nSPS) is 59.8. The first-order chi connectivity index (χ1) is 8.63. The highest BCUT2D eigenvalue weighted by Crippen LogP contribution is 2.70. The van der Waals surface area contributed by atoms with E-state index in [0.29, 0.717) is 6.42 Å². The fourth-order valence-corrected chi connectivity index (χ4v) is 6.36. The Morgan fingerprint density at radius 3 is 2.32 bits per heavy atom. The maximum atomic E-state index is 11.6. The van der Waals surface area contributed by atoms with Crippen LogP contribution in [-0.4, -0.2) is 33.1 Å². The summed E-state index contributed by atoms with van der Waals surface area (Å²) >= 11 is 0. The summed E-state index contributed by atoms with van der Waals surface area (Å²) < 4.78 is 0. The van der Waals surface area contributed by atoms with Crippen molar-refractivity contribution in [3.8, 4) is 0 Å². The first-order valence-electron chi connectivity index (χ1n) is 7.72. The van der Waals surface area contributed by atoms with Crippen molar-refractivity contribution < 1.29 is 15.3 Å². The van der Waals surface area contributed by atoms with E-state index in [1.807, 2.05) is 0 Å². The SMILES string of the molecule is C[C@@H]1C[C@H](O)[C@H]2C(C)(C)C[C@]3(C)CC[C@H](O)[C@@H]1[C@@]23O. The van der Waals surface area contributed by atoms with Crippen LogP contribution in [0, 0.1) is 28.6 Å². The molecule has 3 heteroatoms. The highest BCUT2D eigenvalue weighted by molar-refractivity contribution is 5.22. The van der Waals surface area contributed by atoms with Crippen molar-refractivity contribution in [3.63, 3.8) is 0 Å². The molecule has 0 saturated heterocycles. The van der Waals surface area contributed by atoms with E-state index < -0.39 is 17.8 Å². The monoisotopic (exact) mass is 268 g/mol. The Morgan fingerprint density at radius 1 is 1.05 bits per heavy atom. The van der Waals surface area contributed by atoms with Crippen LogP contribution in [0.4, 0.5) is 0 Å². The van der Waals surface area contributed by atoms with Gasteiger partial charge in [-0.15, -0.1) is 0 Å². The number of hydrogen-bond donors (Lipinski definition) is 3. The predicted octanol–water partition coefficient (Wildman–Crippen LogP) is 1.94. The van der Waals surface area contributed by atoms with E-state index in [1.165, 1.54) is 0 Å². The predicted molar refractivity (Wildman–Crippen MR) is 73.5 cm³/mol. The number of aliphatic hydroxyl groups is 3. The maximum absolute atomic E-state index is 11.6. The second-order valence-corrected chi connectivity index (χ2v) is 8.44. The first-order valence-corrected chi connectivity index (χ1v) is 7.72. The average molecular weight is 268 g/mol. The summed E-state index contributed by atoms with van der Waals surface area (Å²) in [4.78, 5) is 0. The van der Waals surface area contributed by atoms with E-state index in [2.05, 4.69) is 27.7 Å². The molecule has 110 valence electrons. The highest BCUT2D eigenvalue weighted by atomic mass is 16.3. The fourth-order valence-electron chi connectivity index (χ4n) is 6.36. The van der Waals surface area contributed by atoms with Gasteiger partial charge in [-0.05, 0) is 42.4 Å². The van der Waals surface area contributed by atoms with Crippen LogP contribution in [0.1, 0.15) is 53.4 Å². The summed E-state index contributed by atoms with van der Waals surface area (Å²) in [5, 5.41) is 32.6. The standard InChI is InChI=1S/C16H28O3/c1-9-7-11(18)13-14(2,3)8-15(4)6-5-10(17)12(9)16(13,15)19/h9-13,17-19H,5-8H2,1-4H3/t9-,10+,11+,12-,13+,15+,16-/m1/s1. The van der Waals surface area contributed by atoms with Gasteiger partial charge >= 0.3 is 0 Å². The molecule has 0 aliphatic heterocycles. The maximum Gasteiger partial charge on any atom is 0.0814 e. The zero-order chi connectivity index (χ0) is 14.2. The van der Waals surface area contributed by atoms with E-state index in [4.69, 9.17) is 0 Å². The van der Waals surface area contributed by atoms with Gasteiger partial charge in [0.05, 0.1) is 17.8 Å². The van der Waals surface area contributed by atoms with Crippen LogP contribution < -0.4 is 0 Å². The molecule has 0 aromatic rings. The molecule has 19 heavy (non-hydrogen) atoms. The lowest BCUT2D eigenvalue weighted by Crippen LogP contribution is -2.66. The second-order valence-electron chi connectivity index (χ2n) is 8.44. The van der Waals surface area contributed by atoms with E-state index in [9.17, 15) is 15.3 Å². The van der Waals surface area contributed by atoms with Crippen LogP contribution in [0.5, 0.6) is 0 Å². The van der Waals surface area contributed by atoms with Crippen molar-refractivity contribution in [1.82, 2.24) is 0 Å². The smallest absolute Gasteiger partial charge is 0.0814 e. The summed E-state index contributed by atoms with van der Waals surface area (Å²) in [6.07, 6.45) is 2.42. The van der Waals surface area contributed by atoms with Gasteiger partial charge in [-0.3, -0.25) is 0 Å². The van der Waals surface area contributed by atoms with Gasteiger partial charge in [-0.25, -0.2) is 0 Å². The largest absolute Gasteiger partial charge is 0.393 e. The molecule has 3 aliphatic carbocycles. The highest BCUT2D eigenvalue weighted by Gasteiger charge is 2.73. The second kappa shape index (κ2) is 3.75. The van der Waals surface area contributed by atoms with Crippen LogP contribution in [-0.2, 0) is 0 Å². The van der Waals surface area contributed by atoms with Gasteiger partial charge < -0.3 is 15.3 Å². The Bertz CT molecular complexity index is 393. The molecule has 3 nitrogen and oxygen atoms in total. The van der Waals surface area contributed by atoms with E-state index in [1.54, 1.807) is 0 Å². The summed E-state index contributed by atoms with van der Waals surface area (Å²) in [6.45, 7) is 8.57. The first kappa shape index (κ1) is 13.8. The molecule has 0 amide bonds.